The zero-order chi connectivity index (χ0) is 25.3. The fraction of sp³-hybridized carbons (Fsp3) is 0.893. The van der Waals surface area contributed by atoms with Crippen LogP contribution in [-0.4, -0.2) is 34.2 Å². The topological polar surface area (TPSA) is 101 Å². The summed E-state index contributed by atoms with van der Waals surface area (Å²) in [7, 11) is 0. The normalized spacial score (nSPS) is 11.6. The van der Waals surface area contributed by atoms with E-state index in [1.54, 1.807) is 0 Å². The summed E-state index contributed by atoms with van der Waals surface area (Å²) in [5, 5.41) is 18.6. The summed E-state index contributed by atoms with van der Waals surface area (Å²) in [6, 6.07) is 0. The second-order valence-electron chi connectivity index (χ2n) is 9.73. The molecule has 0 aromatic carbocycles. The average molecular weight is 493 g/mol. The van der Waals surface area contributed by atoms with Crippen molar-refractivity contribution in [3.8, 4) is 0 Å². The van der Waals surface area contributed by atoms with Crippen LogP contribution >= 0.6 is 0 Å². The molecule has 0 heterocycles. The molecular weight excluding hydrogens is 439 g/mol. The molecule has 202 valence electrons. The van der Waals surface area contributed by atoms with E-state index < -0.39 is 17.9 Å². The third kappa shape index (κ3) is 29.3. The quantitative estimate of drug-likeness (QED) is 0.0835. The van der Waals surface area contributed by atoms with E-state index in [9.17, 15) is 19.5 Å². The van der Waals surface area contributed by atoms with Crippen LogP contribution in [0.15, 0.2) is 0 Å². The summed E-state index contributed by atoms with van der Waals surface area (Å²) < 4.78 is 4.89. The van der Waals surface area contributed by atoms with Gasteiger partial charge in [-0.3, -0.25) is 14.4 Å². The second kappa shape index (κ2) is 27.7. The Kier molecular flexibility index (Phi) is 28.8. The molecule has 0 saturated carbocycles. The maximum absolute atomic E-state index is 11.8. The standard InChI is InChI=1S/C28H52O6.Li.H/c1-2-3-4-15-20-25(29)21-16-11-7-5-6-8-13-18-23-27(32)34-28(33)24-19-14-10-9-12-17-22-26(30)31;;/h25,29H,2-24H2,1H3,(H,30,31);;/q;+1;-1. The Labute approximate surface area is 228 Å². The van der Waals surface area contributed by atoms with Crippen molar-refractivity contribution in [2.45, 2.75) is 161 Å². The van der Waals surface area contributed by atoms with Crippen molar-refractivity contribution >= 4 is 17.9 Å². The second-order valence-corrected chi connectivity index (χ2v) is 9.73. The van der Waals surface area contributed by atoms with Gasteiger partial charge in [0.25, 0.3) is 0 Å². The van der Waals surface area contributed by atoms with E-state index in [2.05, 4.69) is 6.92 Å². The zero-order valence-electron chi connectivity index (χ0n) is 23.9. The Bertz CT molecular complexity index is 518. The summed E-state index contributed by atoms with van der Waals surface area (Å²) in [5.74, 6) is -1.59. The van der Waals surface area contributed by atoms with E-state index in [0.717, 1.165) is 70.6 Å². The number of hydrogen-bond donors (Lipinski definition) is 2. The number of carbonyl (C=O) groups is 3. The van der Waals surface area contributed by atoms with Gasteiger partial charge in [-0.2, -0.15) is 0 Å². The molecule has 35 heavy (non-hydrogen) atoms. The number of carbonyl (C=O) groups excluding carboxylic acids is 2. The number of unbranched alkanes of at least 4 members (excludes halogenated alkanes) is 15. The molecule has 0 aromatic rings. The number of ether oxygens (including phenoxy) is 1. The minimum absolute atomic E-state index is 0. The van der Waals surface area contributed by atoms with Crippen molar-refractivity contribution in [3.63, 3.8) is 0 Å². The Morgan fingerprint density at radius 1 is 0.600 bits per heavy atom. The zero-order valence-corrected chi connectivity index (χ0v) is 22.9. The summed E-state index contributed by atoms with van der Waals surface area (Å²) in [4.78, 5) is 33.9. The minimum atomic E-state index is -0.751. The van der Waals surface area contributed by atoms with Crippen molar-refractivity contribution in [2.24, 2.45) is 0 Å². The first-order chi connectivity index (χ1) is 16.5. The number of aliphatic hydroxyl groups is 1. The molecule has 0 fully saturated rings. The van der Waals surface area contributed by atoms with Crippen LogP contribution in [0.2, 0.25) is 0 Å². The third-order valence-electron chi connectivity index (χ3n) is 6.31. The third-order valence-corrected chi connectivity index (χ3v) is 6.31. The van der Waals surface area contributed by atoms with Crippen LogP contribution < -0.4 is 18.9 Å². The molecule has 0 rings (SSSR count). The molecule has 0 aliphatic heterocycles. The summed E-state index contributed by atoms with van der Waals surface area (Å²) >= 11 is 0. The van der Waals surface area contributed by atoms with E-state index in [1.807, 2.05) is 0 Å². The first-order valence-corrected chi connectivity index (χ1v) is 14.1. The molecule has 0 bridgehead atoms. The Hall–Kier alpha value is -0.833. The van der Waals surface area contributed by atoms with Gasteiger partial charge in [0.1, 0.15) is 0 Å². The van der Waals surface area contributed by atoms with E-state index in [0.29, 0.717) is 19.3 Å². The van der Waals surface area contributed by atoms with Crippen LogP contribution in [-0.2, 0) is 19.1 Å². The first kappa shape index (κ1) is 36.3. The number of carboxylic acids is 1. The van der Waals surface area contributed by atoms with Crippen molar-refractivity contribution < 1.29 is 49.6 Å². The van der Waals surface area contributed by atoms with E-state index in [-0.39, 0.29) is 39.2 Å². The van der Waals surface area contributed by atoms with Gasteiger partial charge in [0.15, 0.2) is 0 Å². The van der Waals surface area contributed by atoms with Crippen molar-refractivity contribution in [3.05, 3.63) is 0 Å². The van der Waals surface area contributed by atoms with Gasteiger partial charge >= 0.3 is 36.8 Å². The predicted octanol–water partition coefficient (Wildman–Crippen LogP) is 4.61. The SMILES string of the molecule is CCCCCCC(O)CCCCCCCCCCC(=O)OC(=O)CCCCCCCCC(=O)O.[H-].[Li+]. The molecular formula is C28H53LiO6. The van der Waals surface area contributed by atoms with Gasteiger partial charge in [0.05, 0.1) is 6.10 Å². The largest absolute Gasteiger partial charge is 1.00 e. The fourth-order valence-electron chi connectivity index (χ4n) is 4.14. The number of aliphatic hydroxyl groups excluding tert-OH is 1. The van der Waals surface area contributed by atoms with E-state index in [4.69, 9.17) is 9.84 Å². The molecule has 1 atom stereocenters. The minimum Gasteiger partial charge on any atom is -1.00 e. The number of carboxylic acid groups (broad SMARTS) is 1. The van der Waals surface area contributed by atoms with Gasteiger partial charge in [-0.05, 0) is 32.1 Å². The average Bonchev–Trinajstić information content (AvgIpc) is 2.79. The van der Waals surface area contributed by atoms with Crippen molar-refractivity contribution in [1.82, 2.24) is 0 Å². The number of esters is 2. The van der Waals surface area contributed by atoms with Gasteiger partial charge in [0.2, 0.25) is 0 Å². The molecule has 1 unspecified atom stereocenters. The monoisotopic (exact) mass is 492 g/mol. The molecule has 7 heteroatoms. The maximum Gasteiger partial charge on any atom is 1.00 e. The van der Waals surface area contributed by atoms with E-state index in [1.165, 1.54) is 44.9 Å². The molecule has 0 saturated heterocycles. The van der Waals surface area contributed by atoms with E-state index >= 15 is 0 Å². The fourth-order valence-corrected chi connectivity index (χ4v) is 4.14. The number of rotatable bonds is 25. The smallest absolute Gasteiger partial charge is 1.00 e. The molecule has 2 N–H and O–H groups in total. The maximum atomic E-state index is 11.8. The molecule has 0 aliphatic rings. The van der Waals surface area contributed by atoms with Crippen LogP contribution in [0.4, 0.5) is 0 Å². The number of hydrogen-bond acceptors (Lipinski definition) is 5. The van der Waals surface area contributed by atoms with Crippen LogP contribution in [0.25, 0.3) is 0 Å². The first-order valence-electron chi connectivity index (χ1n) is 14.1. The van der Waals surface area contributed by atoms with Crippen molar-refractivity contribution in [2.75, 3.05) is 0 Å². The predicted molar refractivity (Wildman–Crippen MR) is 138 cm³/mol. The molecule has 0 amide bonds. The van der Waals surface area contributed by atoms with Crippen LogP contribution in [0, 0.1) is 0 Å². The molecule has 0 radical (unpaired) electrons. The Morgan fingerprint density at radius 3 is 1.34 bits per heavy atom. The summed E-state index contributed by atoms with van der Waals surface area (Å²) in [6.45, 7) is 2.20. The molecule has 0 aromatic heterocycles. The molecule has 0 aliphatic carbocycles. The Morgan fingerprint density at radius 2 is 0.943 bits per heavy atom. The van der Waals surface area contributed by atoms with Crippen molar-refractivity contribution in [1.29, 1.82) is 0 Å². The summed E-state index contributed by atoms with van der Waals surface area (Å²) in [6.07, 6.45) is 21.4. The molecule has 6 nitrogen and oxygen atoms in total. The van der Waals surface area contributed by atoms with Gasteiger partial charge in [0, 0.05) is 19.3 Å². The van der Waals surface area contributed by atoms with Crippen LogP contribution in [0.1, 0.15) is 156 Å². The van der Waals surface area contributed by atoms with Gasteiger partial charge in [-0.25, -0.2) is 0 Å². The van der Waals surface area contributed by atoms with Gasteiger partial charge < -0.3 is 16.4 Å². The number of aliphatic carboxylic acids is 1. The summed E-state index contributed by atoms with van der Waals surface area (Å²) in [5.41, 5.74) is 0. The van der Waals surface area contributed by atoms with Crippen LogP contribution in [0.5, 0.6) is 0 Å². The van der Waals surface area contributed by atoms with Gasteiger partial charge in [-0.1, -0.05) is 103 Å². The van der Waals surface area contributed by atoms with Crippen LogP contribution in [0.3, 0.4) is 0 Å². The molecule has 0 spiro atoms. The van der Waals surface area contributed by atoms with Gasteiger partial charge in [-0.15, -0.1) is 0 Å². The Balaban J connectivity index is -0.00000544.